The van der Waals surface area contributed by atoms with Crippen LogP contribution in [0.4, 0.5) is 0 Å². The largest absolute Gasteiger partial charge is 0.390 e. The maximum atomic E-state index is 10.2. The van der Waals surface area contributed by atoms with Crippen molar-refractivity contribution in [2.24, 2.45) is 11.3 Å². The average molecular weight is 196 g/mol. The number of rotatable bonds is 2. The van der Waals surface area contributed by atoms with Gasteiger partial charge in [-0.05, 0) is 43.4 Å². The summed E-state index contributed by atoms with van der Waals surface area (Å²) in [5, 5.41) is 10.2. The lowest BCUT2D eigenvalue weighted by Crippen LogP contribution is -2.36. The normalized spacial score (nSPS) is 34.1. The van der Waals surface area contributed by atoms with E-state index >= 15 is 0 Å². The van der Waals surface area contributed by atoms with Crippen LogP contribution >= 0.6 is 0 Å². The van der Waals surface area contributed by atoms with Crippen LogP contribution < -0.4 is 0 Å². The van der Waals surface area contributed by atoms with Gasteiger partial charge in [-0.15, -0.1) is 6.58 Å². The highest BCUT2D eigenvalue weighted by Gasteiger charge is 2.36. The molecule has 0 unspecified atom stereocenters. The van der Waals surface area contributed by atoms with Crippen LogP contribution in [0.2, 0.25) is 0 Å². The van der Waals surface area contributed by atoms with Crippen LogP contribution in [-0.4, -0.2) is 10.7 Å². The molecule has 14 heavy (non-hydrogen) atoms. The van der Waals surface area contributed by atoms with Gasteiger partial charge in [0.1, 0.15) is 0 Å². The van der Waals surface area contributed by atoms with Gasteiger partial charge < -0.3 is 5.11 Å². The van der Waals surface area contributed by atoms with Crippen molar-refractivity contribution in [2.45, 2.75) is 58.5 Å². The Morgan fingerprint density at radius 3 is 2.21 bits per heavy atom. The van der Waals surface area contributed by atoms with Gasteiger partial charge in [-0.3, -0.25) is 0 Å². The van der Waals surface area contributed by atoms with Crippen molar-refractivity contribution < 1.29 is 5.11 Å². The Morgan fingerprint density at radius 2 is 1.86 bits per heavy atom. The van der Waals surface area contributed by atoms with E-state index in [1.54, 1.807) is 0 Å². The maximum Gasteiger partial charge on any atom is 0.0682 e. The molecule has 0 aromatic heterocycles. The van der Waals surface area contributed by atoms with E-state index in [1.807, 2.05) is 6.08 Å². The van der Waals surface area contributed by atoms with Crippen LogP contribution in [0.15, 0.2) is 12.7 Å². The highest BCUT2D eigenvalue weighted by Crippen LogP contribution is 2.42. The number of hydrogen-bond acceptors (Lipinski definition) is 1. The zero-order valence-electron chi connectivity index (χ0n) is 9.84. The maximum absolute atomic E-state index is 10.2. The first-order chi connectivity index (χ1) is 6.37. The van der Waals surface area contributed by atoms with Crippen molar-refractivity contribution in [3.05, 3.63) is 12.7 Å². The molecule has 0 amide bonds. The van der Waals surface area contributed by atoms with Crippen LogP contribution in [-0.2, 0) is 0 Å². The fraction of sp³-hybridized carbons (Fsp3) is 0.846. The summed E-state index contributed by atoms with van der Waals surface area (Å²) >= 11 is 0. The topological polar surface area (TPSA) is 20.2 Å². The first-order valence-electron chi connectivity index (χ1n) is 5.71. The first kappa shape index (κ1) is 11.8. The Balaban J connectivity index is 2.49. The summed E-state index contributed by atoms with van der Waals surface area (Å²) in [6.07, 6.45) is 6.81. The second-order valence-corrected chi connectivity index (χ2v) is 5.86. The van der Waals surface area contributed by atoms with Gasteiger partial charge in [-0.2, -0.15) is 0 Å². The summed E-state index contributed by atoms with van der Waals surface area (Å²) in [5.41, 5.74) is -0.0426. The predicted molar refractivity (Wildman–Crippen MR) is 61.2 cm³/mol. The summed E-state index contributed by atoms with van der Waals surface area (Å²) < 4.78 is 0. The molecular formula is C13H24O. The van der Waals surface area contributed by atoms with E-state index in [0.717, 1.165) is 38.0 Å². The van der Waals surface area contributed by atoms with Crippen LogP contribution in [0.1, 0.15) is 52.9 Å². The molecule has 1 heteroatoms. The molecule has 0 spiro atoms. The highest BCUT2D eigenvalue weighted by molar-refractivity contribution is 4.92. The first-order valence-corrected chi connectivity index (χ1v) is 5.71. The fourth-order valence-corrected chi connectivity index (χ4v) is 2.49. The van der Waals surface area contributed by atoms with E-state index in [4.69, 9.17) is 0 Å². The lowest BCUT2D eigenvalue weighted by molar-refractivity contribution is -0.0224. The molecule has 0 aliphatic heterocycles. The lowest BCUT2D eigenvalue weighted by atomic mass is 9.68. The van der Waals surface area contributed by atoms with Gasteiger partial charge in [-0.1, -0.05) is 26.8 Å². The summed E-state index contributed by atoms with van der Waals surface area (Å²) in [7, 11) is 0. The Kier molecular flexibility index (Phi) is 3.41. The molecule has 0 radical (unpaired) electrons. The molecule has 0 atom stereocenters. The van der Waals surface area contributed by atoms with E-state index in [0.29, 0.717) is 5.41 Å². The van der Waals surface area contributed by atoms with Gasteiger partial charge in [-0.25, -0.2) is 0 Å². The molecule has 1 N–H and O–H groups in total. The zero-order valence-corrected chi connectivity index (χ0v) is 9.84. The van der Waals surface area contributed by atoms with Gasteiger partial charge in [0.25, 0.3) is 0 Å². The lowest BCUT2D eigenvalue weighted by Gasteiger charge is -2.41. The quantitative estimate of drug-likeness (QED) is 0.670. The third-order valence-electron chi connectivity index (χ3n) is 3.67. The van der Waals surface area contributed by atoms with E-state index in [1.165, 1.54) is 0 Å². The molecule has 1 aliphatic carbocycles. The minimum absolute atomic E-state index is 0.398. The van der Waals surface area contributed by atoms with Crippen molar-refractivity contribution in [3.63, 3.8) is 0 Å². The van der Waals surface area contributed by atoms with Crippen LogP contribution in [0, 0.1) is 11.3 Å². The molecule has 0 aromatic rings. The van der Waals surface area contributed by atoms with Gasteiger partial charge in [0.15, 0.2) is 0 Å². The summed E-state index contributed by atoms with van der Waals surface area (Å²) in [4.78, 5) is 0. The summed E-state index contributed by atoms with van der Waals surface area (Å²) in [6.45, 7) is 10.6. The Bertz CT molecular complexity index is 192. The fourth-order valence-electron chi connectivity index (χ4n) is 2.49. The van der Waals surface area contributed by atoms with Crippen molar-refractivity contribution in [3.8, 4) is 0 Å². The van der Waals surface area contributed by atoms with Gasteiger partial charge in [0.2, 0.25) is 0 Å². The van der Waals surface area contributed by atoms with Gasteiger partial charge in [0, 0.05) is 0 Å². The Hall–Kier alpha value is -0.300. The third-order valence-corrected chi connectivity index (χ3v) is 3.67. The minimum atomic E-state index is -0.441. The zero-order chi connectivity index (χ0) is 10.8. The molecular weight excluding hydrogens is 172 g/mol. The molecule has 0 aromatic carbocycles. The molecule has 1 saturated carbocycles. The van der Waals surface area contributed by atoms with E-state index in [9.17, 15) is 5.11 Å². The van der Waals surface area contributed by atoms with E-state index in [2.05, 4.69) is 27.4 Å². The molecule has 1 aliphatic rings. The Morgan fingerprint density at radius 1 is 1.36 bits per heavy atom. The standard InChI is InChI=1S/C13H24O/c1-5-8-13(14)9-6-11(7-10-13)12(2,3)4/h5,11,14H,1,6-10H2,2-4H3. The second kappa shape index (κ2) is 4.06. The van der Waals surface area contributed by atoms with Crippen molar-refractivity contribution >= 4 is 0 Å². The van der Waals surface area contributed by atoms with Crippen LogP contribution in [0.5, 0.6) is 0 Å². The monoisotopic (exact) mass is 196 g/mol. The Labute approximate surface area is 88.2 Å². The van der Waals surface area contributed by atoms with Crippen LogP contribution in [0.25, 0.3) is 0 Å². The molecule has 0 saturated heterocycles. The van der Waals surface area contributed by atoms with E-state index in [-0.39, 0.29) is 0 Å². The average Bonchev–Trinajstić information content (AvgIpc) is 2.03. The summed E-state index contributed by atoms with van der Waals surface area (Å²) in [5.74, 6) is 0.771. The molecule has 1 fully saturated rings. The SMILES string of the molecule is C=CCC1(O)CCC(C(C)(C)C)CC1. The molecule has 1 nitrogen and oxygen atoms in total. The minimum Gasteiger partial charge on any atom is -0.390 e. The molecule has 82 valence electrons. The molecule has 1 rings (SSSR count). The van der Waals surface area contributed by atoms with E-state index < -0.39 is 5.60 Å². The third kappa shape index (κ3) is 2.84. The molecule has 0 bridgehead atoms. The molecule has 0 heterocycles. The van der Waals surface area contributed by atoms with Crippen LogP contribution in [0.3, 0.4) is 0 Å². The second-order valence-electron chi connectivity index (χ2n) is 5.86. The smallest absolute Gasteiger partial charge is 0.0682 e. The van der Waals surface area contributed by atoms with Gasteiger partial charge in [0.05, 0.1) is 5.60 Å². The van der Waals surface area contributed by atoms with Crippen molar-refractivity contribution in [1.82, 2.24) is 0 Å². The summed E-state index contributed by atoms with van der Waals surface area (Å²) in [6, 6.07) is 0. The number of aliphatic hydroxyl groups is 1. The van der Waals surface area contributed by atoms with Crippen molar-refractivity contribution in [2.75, 3.05) is 0 Å². The predicted octanol–water partition coefficient (Wildman–Crippen LogP) is 3.53. The van der Waals surface area contributed by atoms with Gasteiger partial charge >= 0.3 is 0 Å². The highest BCUT2D eigenvalue weighted by atomic mass is 16.3. The number of hydrogen-bond donors (Lipinski definition) is 1. The van der Waals surface area contributed by atoms with Crippen molar-refractivity contribution in [1.29, 1.82) is 0 Å².